The van der Waals surface area contributed by atoms with Crippen LogP contribution in [0.5, 0.6) is 0 Å². The number of aliphatic hydroxyl groups excluding tert-OH is 5. The maximum Gasteiger partial charge on any atom is 0.187 e. The average Bonchev–Trinajstić information content (AvgIpc) is 2.72. The van der Waals surface area contributed by atoms with E-state index in [1.165, 1.54) is 14.2 Å². The Morgan fingerprint density at radius 3 is 2.03 bits per heavy atom. The molecule has 0 aromatic rings. The second-order valence-corrected chi connectivity index (χ2v) is 7.09. The van der Waals surface area contributed by atoms with Gasteiger partial charge in [0.25, 0.3) is 0 Å². The van der Waals surface area contributed by atoms with Crippen LogP contribution in [0.2, 0.25) is 0 Å². The van der Waals surface area contributed by atoms with Gasteiger partial charge in [-0.25, -0.2) is 0 Å². The zero-order valence-corrected chi connectivity index (χ0v) is 16.7. The van der Waals surface area contributed by atoms with E-state index < -0.39 is 68.0 Å². The molecule has 8 N–H and O–H groups in total. The fourth-order valence-corrected chi connectivity index (χ4v) is 3.58. The Hall–Kier alpha value is -0.480. The van der Waals surface area contributed by atoms with E-state index in [1.54, 1.807) is 0 Å². The van der Waals surface area contributed by atoms with E-state index in [0.29, 0.717) is 26.1 Å². The van der Waals surface area contributed by atoms with Gasteiger partial charge in [0.15, 0.2) is 12.6 Å². The van der Waals surface area contributed by atoms with Gasteiger partial charge in [0.2, 0.25) is 0 Å². The van der Waals surface area contributed by atoms with Crippen LogP contribution in [-0.2, 0) is 23.7 Å². The Kier molecular flexibility index (Phi) is 10.1. The number of ether oxygens (including phenoxy) is 5. The zero-order chi connectivity index (χ0) is 21.6. The van der Waals surface area contributed by atoms with E-state index >= 15 is 0 Å². The summed E-state index contributed by atoms with van der Waals surface area (Å²) in [5.41, 5.74) is 5.45. The number of nitrogens with two attached hydrogens (primary N) is 1. The molecule has 10 atom stereocenters. The molecule has 2 rings (SSSR count). The van der Waals surface area contributed by atoms with Crippen molar-refractivity contribution in [3.63, 3.8) is 0 Å². The number of rotatable bonds is 10. The molecule has 0 spiro atoms. The molecule has 12 heteroatoms. The van der Waals surface area contributed by atoms with Crippen molar-refractivity contribution in [3.05, 3.63) is 0 Å². The highest BCUT2D eigenvalue weighted by Crippen LogP contribution is 2.30. The van der Waals surface area contributed by atoms with Crippen molar-refractivity contribution in [2.75, 3.05) is 40.5 Å². The lowest BCUT2D eigenvalue weighted by Gasteiger charge is -2.46. The van der Waals surface area contributed by atoms with E-state index in [0.717, 1.165) is 0 Å². The molecule has 0 aliphatic carbocycles. The van der Waals surface area contributed by atoms with Crippen LogP contribution in [-0.4, -0.2) is 127 Å². The molecule has 0 bridgehead atoms. The lowest BCUT2D eigenvalue weighted by atomic mass is 9.95. The third-order valence-corrected chi connectivity index (χ3v) is 5.18. The van der Waals surface area contributed by atoms with Crippen molar-refractivity contribution in [1.29, 1.82) is 0 Å². The van der Waals surface area contributed by atoms with Gasteiger partial charge in [0.05, 0.1) is 12.7 Å². The van der Waals surface area contributed by atoms with Gasteiger partial charge >= 0.3 is 0 Å². The molecule has 0 aromatic heterocycles. The molecule has 0 radical (unpaired) electrons. The minimum Gasteiger partial charge on any atom is -0.394 e. The van der Waals surface area contributed by atoms with E-state index in [4.69, 9.17) is 29.4 Å². The van der Waals surface area contributed by atoms with Crippen LogP contribution < -0.4 is 11.1 Å². The van der Waals surface area contributed by atoms with Crippen molar-refractivity contribution < 1.29 is 49.2 Å². The molecule has 29 heavy (non-hydrogen) atoms. The van der Waals surface area contributed by atoms with Crippen molar-refractivity contribution >= 4 is 0 Å². The zero-order valence-electron chi connectivity index (χ0n) is 16.7. The van der Waals surface area contributed by atoms with E-state index in [-0.39, 0.29) is 0 Å². The molecule has 12 nitrogen and oxygen atoms in total. The first-order chi connectivity index (χ1) is 13.9. The molecule has 2 unspecified atom stereocenters. The minimum absolute atomic E-state index is 0.379. The van der Waals surface area contributed by atoms with Crippen LogP contribution in [0.1, 0.15) is 6.42 Å². The third-order valence-electron chi connectivity index (χ3n) is 5.18. The van der Waals surface area contributed by atoms with Gasteiger partial charge in [-0.2, -0.15) is 0 Å². The van der Waals surface area contributed by atoms with E-state index in [2.05, 4.69) is 5.32 Å². The lowest BCUT2D eigenvalue weighted by Crippen LogP contribution is -2.64. The van der Waals surface area contributed by atoms with Crippen LogP contribution in [0.25, 0.3) is 0 Å². The molecule has 2 aliphatic heterocycles. The summed E-state index contributed by atoms with van der Waals surface area (Å²) < 4.78 is 27.1. The third kappa shape index (κ3) is 5.81. The number of aliphatic hydroxyl groups is 5. The van der Waals surface area contributed by atoms with Gasteiger partial charge in [0, 0.05) is 27.3 Å². The summed E-state index contributed by atoms with van der Waals surface area (Å²) in [5, 5.41) is 54.0. The summed E-state index contributed by atoms with van der Waals surface area (Å²) in [6.07, 6.45) is -11.5. The van der Waals surface area contributed by atoms with Crippen LogP contribution in [0, 0.1) is 0 Å². The Morgan fingerprint density at radius 2 is 1.45 bits per heavy atom. The van der Waals surface area contributed by atoms with E-state index in [9.17, 15) is 25.5 Å². The Labute approximate surface area is 169 Å². The van der Waals surface area contributed by atoms with Crippen molar-refractivity contribution in [2.45, 2.75) is 67.8 Å². The Morgan fingerprint density at radius 1 is 0.828 bits per heavy atom. The second-order valence-electron chi connectivity index (χ2n) is 7.09. The maximum absolute atomic E-state index is 10.6. The average molecular weight is 426 g/mol. The monoisotopic (exact) mass is 426 g/mol. The summed E-state index contributed by atoms with van der Waals surface area (Å²) in [4.78, 5) is 0. The predicted molar refractivity (Wildman–Crippen MR) is 97.7 cm³/mol. The maximum atomic E-state index is 10.6. The van der Waals surface area contributed by atoms with Crippen LogP contribution in [0.15, 0.2) is 0 Å². The molecule has 0 aromatic carbocycles. The Balaban J connectivity index is 2.12. The topological polar surface area (TPSA) is 185 Å². The van der Waals surface area contributed by atoms with Gasteiger partial charge in [-0.1, -0.05) is 0 Å². The predicted octanol–water partition coefficient (Wildman–Crippen LogP) is -4.14. The number of nitrogens with one attached hydrogen (secondary N) is 1. The largest absolute Gasteiger partial charge is 0.394 e. The van der Waals surface area contributed by atoms with Gasteiger partial charge in [0.1, 0.15) is 42.7 Å². The fourth-order valence-electron chi connectivity index (χ4n) is 3.58. The summed E-state index contributed by atoms with van der Waals surface area (Å²) in [6, 6.07) is 0. The van der Waals surface area contributed by atoms with Crippen LogP contribution in [0.3, 0.4) is 0 Å². The lowest BCUT2D eigenvalue weighted by molar-refractivity contribution is -0.356. The highest BCUT2D eigenvalue weighted by atomic mass is 16.7. The fraction of sp³-hybridized carbons (Fsp3) is 1.00. The quantitative estimate of drug-likeness (QED) is 0.168. The number of hydrogen-bond acceptors (Lipinski definition) is 12. The van der Waals surface area contributed by atoms with Gasteiger partial charge in [-0.3, -0.25) is 0 Å². The minimum atomic E-state index is -1.51. The molecular formula is C17H34N2O10. The normalized spacial score (nSPS) is 43.4. The summed E-state index contributed by atoms with van der Waals surface area (Å²) in [6.45, 7) is 1.05. The Bertz CT molecular complexity index is 473. The van der Waals surface area contributed by atoms with Crippen molar-refractivity contribution in [1.82, 2.24) is 5.32 Å². The van der Waals surface area contributed by atoms with Crippen LogP contribution in [0.4, 0.5) is 0 Å². The SMILES string of the molecule is CO[C@H]1OC(CCNCCN)[C@@H](O[C@H]2OC(CO)[C@@H](OC)[C@H](O)[C@H]2O)[C@H](O)[C@H]1O. The highest BCUT2D eigenvalue weighted by molar-refractivity contribution is 4.94. The van der Waals surface area contributed by atoms with Gasteiger partial charge in [-0.15, -0.1) is 0 Å². The first kappa shape index (κ1) is 24.8. The highest BCUT2D eigenvalue weighted by Gasteiger charge is 2.50. The first-order valence-corrected chi connectivity index (χ1v) is 9.65. The van der Waals surface area contributed by atoms with Gasteiger partial charge < -0.3 is 60.3 Å². The molecule has 2 heterocycles. The summed E-state index contributed by atoms with van der Waals surface area (Å²) >= 11 is 0. The molecule has 2 saturated heterocycles. The number of methoxy groups -OCH3 is 2. The molecule has 2 fully saturated rings. The summed E-state index contributed by atoms with van der Waals surface area (Å²) in [7, 11) is 2.66. The van der Waals surface area contributed by atoms with Crippen molar-refractivity contribution in [2.24, 2.45) is 5.73 Å². The molecular weight excluding hydrogens is 392 g/mol. The smallest absolute Gasteiger partial charge is 0.187 e. The molecule has 172 valence electrons. The molecule has 0 amide bonds. The second kappa shape index (κ2) is 11.8. The molecule has 0 saturated carbocycles. The van der Waals surface area contributed by atoms with Gasteiger partial charge in [-0.05, 0) is 13.0 Å². The summed E-state index contributed by atoms with van der Waals surface area (Å²) in [5.74, 6) is 0. The van der Waals surface area contributed by atoms with E-state index in [1.807, 2.05) is 0 Å². The number of hydrogen-bond donors (Lipinski definition) is 7. The first-order valence-electron chi connectivity index (χ1n) is 9.65. The van der Waals surface area contributed by atoms with Crippen LogP contribution >= 0.6 is 0 Å². The molecule has 2 aliphatic rings. The standard InChI is InChI=1S/C17H34N2O10/c1-25-14-9(7-20)28-17(13(24)10(14)21)29-15-8(3-5-19-6-4-18)27-16(26-2)12(23)11(15)22/h8-17,19-24H,3-7,18H2,1-2H3/t8?,9?,10-,11-,12-,13-,14-,15-,16+,17-/m1/s1. The van der Waals surface area contributed by atoms with Crippen molar-refractivity contribution in [3.8, 4) is 0 Å².